The Hall–Kier alpha value is -2.64. The first-order valence-electron chi connectivity index (χ1n) is 11.0. The van der Waals surface area contributed by atoms with E-state index >= 15 is 0 Å². The molecule has 0 saturated carbocycles. The number of aliphatic hydroxyl groups excluding tert-OH is 1. The number of halogens is 1. The van der Waals surface area contributed by atoms with Gasteiger partial charge >= 0.3 is 0 Å². The van der Waals surface area contributed by atoms with E-state index in [0.29, 0.717) is 12.6 Å². The Labute approximate surface area is 184 Å². The second-order valence-corrected chi connectivity index (χ2v) is 7.76. The molecule has 0 bridgehead atoms. The lowest BCUT2D eigenvalue weighted by molar-refractivity contribution is 0.0331. The number of guanidine groups is 1. The molecule has 1 aliphatic rings. The van der Waals surface area contributed by atoms with Gasteiger partial charge in [0.2, 0.25) is 0 Å². The molecule has 1 aliphatic heterocycles. The number of nitrogens with one attached hydrogen (secondary N) is 2. The topological polar surface area (TPSA) is 69.1 Å². The number of piperidine rings is 1. The molecule has 31 heavy (non-hydrogen) atoms. The van der Waals surface area contributed by atoms with Gasteiger partial charge in [0.1, 0.15) is 5.82 Å². The Balaban J connectivity index is 1.42. The third-order valence-corrected chi connectivity index (χ3v) is 5.24. The van der Waals surface area contributed by atoms with Crippen molar-refractivity contribution in [1.29, 1.82) is 0 Å². The number of hydrogen-bond donors (Lipinski definition) is 3. The Kier molecular flexibility index (Phi) is 9.12. The van der Waals surface area contributed by atoms with E-state index in [9.17, 15) is 9.50 Å². The van der Waals surface area contributed by atoms with Crippen molar-refractivity contribution in [2.45, 2.75) is 38.5 Å². The summed E-state index contributed by atoms with van der Waals surface area (Å²) in [4.78, 5) is 6.73. The van der Waals surface area contributed by atoms with Crippen LogP contribution >= 0.6 is 0 Å². The van der Waals surface area contributed by atoms with Crippen LogP contribution in [0, 0.1) is 5.82 Å². The van der Waals surface area contributed by atoms with Gasteiger partial charge in [-0.1, -0.05) is 36.4 Å². The molecule has 6 nitrogen and oxygen atoms in total. The predicted molar refractivity (Wildman–Crippen MR) is 123 cm³/mol. The molecule has 7 heteroatoms. The third kappa shape index (κ3) is 7.84. The number of benzene rings is 2. The van der Waals surface area contributed by atoms with Crippen LogP contribution in [0.5, 0.6) is 0 Å². The largest absolute Gasteiger partial charge is 0.389 e. The molecule has 0 aliphatic carbocycles. The highest BCUT2D eigenvalue weighted by atomic mass is 19.1. The fraction of sp³-hybridized carbons (Fsp3) is 0.458. The lowest BCUT2D eigenvalue weighted by Gasteiger charge is -2.34. The van der Waals surface area contributed by atoms with Gasteiger partial charge in [0, 0.05) is 31.4 Å². The van der Waals surface area contributed by atoms with E-state index in [1.807, 2.05) is 43.3 Å². The van der Waals surface area contributed by atoms with Crippen molar-refractivity contribution >= 4 is 11.6 Å². The van der Waals surface area contributed by atoms with Crippen LogP contribution in [-0.2, 0) is 11.3 Å². The number of hydrogen-bond acceptors (Lipinski definition) is 4. The van der Waals surface area contributed by atoms with Crippen LogP contribution in [0.3, 0.4) is 0 Å². The Bertz CT molecular complexity index is 810. The minimum absolute atomic E-state index is 0.203. The van der Waals surface area contributed by atoms with Crippen LogP contribution in [-0.4, -0.2) is 56.0 Å². The lowest BCUT2D eigenvalue weighted by atomic mass is 10.0. The fourth-order valence-corrected chi connectivity index (χ4v) is 3.60. The maximum Gasteiger partial charge on any atom is 0.191 e. The highest BCUT2D eigenvalue weighted by Crippen LogP contribution is 2.20. The lowest BCUT2D eigenvalue weighted by Crippen LogP contribution is -2.49. The van der Waals surface area contributed by atoms with E-state index in [-0.39, 0.29) is 25.0 Å². The van der Waals surface area contributed by atoms with Gasteiger partial charge in [0.15, 0.2) is 5.96 Å². The zero-order chi connectivity index (χ0) is 21.9. The number of nitrogens with zero attached hydrogens (tertiary/aromatic N) is 2. The van der Waals surface area contributed by atoms with Crippen molar-refractivity contribution in [3.05, 3.63) is 66.0 Å². The van der Waals surface area contributed by atoms with Crippen LogP contribution in [0.15, 0.2) is 59.6 Å². The van der Waals surface area contributed by atoms with Gasteiger partial charge < -0.3 is 25.4 Å². The van der Waals surface area contributed by atoms with E-state index < -0.39 is 6.10 Å². The first-order chi connectivity index (χ1) is 15.1. The normalized spacial score (nSPS) is 16.2. The minimum Gasteiger partial charge on any atom is -0.389 e. The van der Waals surface area contributed by atoms with E-state index in [2.05, 4.69) is 20.5 Å². The molecule has 0 aromatic heterocycles. The Morgan fingerprint density at radius 3 is 2.68 bits per heavy atom. The van der Waals surface area contributed by atoms with Crippen molar-refractivity contribution in [1.82, 2.24) is 10.6 Å². The fourth-order valence-electron chi connectivity index (χ4n) is 3.60. The number of rotatable bonds is 9. The van der Waals surface area contributed by atoms with E-state index in [4.69, 9.17) is 4.74 Å². The van der Waals surface area contributed by atoms with Crippen LogP contribution in [0.2, 0.25) is 0 Å². The molecule has 168 valence electrons. The molecular formula is C24H33FN4O2. The number of ether oxygens (including phenoxy) is 1. The number of aliphatic imine (C=N–C) groups is 1. The highest BCUT2D eigenvalue weighted by Gasteiger charge is 2.20. The van der Waals surface area contributed by atoms with Gasteiger partial charge in [-0.25, -0.2) is 4.39 Å². The summed E-state index contributed by atoms with van der Waals surface area (Å²) in [7, 11) is 0. The zero-order valence-corrected chi connectivity index (χ0v) is 18.1. The first kappa shape index (κ1) is 23.0. The number of aliphatic hydroxyl groups is 1. The average Bonchev–Trinajstić information content (AvgIpc) is 2.79. The summed E-state index contributed by atoms with van der Waals surface area (Å²) in [5.41, 5.74) is 2.01. The van der Waals surface area contributed by atoms with Gasteiger partial charge in [0.05, 0.1) is 25.9 Å². The molecular weight excluding hydrogens is 395 g/mol. The summed E-state index contributed by atoms with van der Waals surface area (Å²) in [6.07, 6.45) is 1.21. The monoisotopic (exact) mass is 428 g/mol. The van der Waals surface area contributed by atoms with Crippen molar-refractivity contribution in [2.24, 2.45) is 4.99 Å². The molecule has 3 rings (SSSR count). The summed E-state index contributed by atoms with van der Waals surface area (Å²) in [5, 5.41) is 16.9. The molecule has 1 saturated heterocycles. The second-order valence-electron chi connectivity index (χ2n) is 7.76. The standard InChI is InChI=1S/C24H33FN4O2/c1-2-26-24(27-16-23(30)18-31-17-19-7-4-3-5-8-19)28-21-11-13-29(14-12-21)22-10-6-9-20(25)15-22/h3-10,15,21,23,30H,2,11-14,16-18H2,1H3,(H2,26,27,28). The molecule has 0 spiro atoms. The van der Waals surface area contributed by atoms with Gasteiger partial charge in [0.25, 0.3) is 0 Å². The summed E-state index contributed by atoms with van der Waals surface area (Å²) in [6, 6.07) is 16.9. The maximum absolute atomic E-state index is 13.5. The van der Waals surface area contributed by atoms with Crippen molar-refractivity contribution in [2.75, 3.05) is 37.7 Å². The van der Waals surface area contributed by atoms with Crippen molar-refractivity contribution < 1.29 is 14.2 Å². The summed E-state index contributed by atoms with van der Waals surface area (Å²) in [6.45, 7) is 5.46. The van der Waals surface area contributed by atoms with Gasteiger partial charge in [-0.15, -0.1) is 0 Å². The van der Waals surface area contributed by atoms with Crippen LogP contribution in [0.25, 0.3) is 0 Å². The quantitative estimate of drug-likeness (QED) is 0.423. The number of anilines is 1. The average molecular weight is 429 g/mol. The first-order valence-corrected chi connectivity index (χ1v) is 11.0. The molecule has 0 amide bonds. The van der Waals surface area contributed by atoms with Crippen LogP contribution in [0.4, 0.5) is 10.1 Å². The molecule has 1 unspecified atom stereocenters. The molecule has 1 fully saturated rings. The molecule has 0 radical (unpaired) electrons. The second kappa shape index (κ2) is 12.3. The SMILES string of the molecule is CCNC(=NCC(O)COCc1ccccc1)NC1CCN(c2cccc(F)c2)CC1. The predicted octanol–water partition coefficient (Wildman–Crippen LogP) is 2.93. The minimum atomic E-state index is -0.658. The Morgan fingerprint density at radius 2 is 1.97 bits per heavy atom. The summed E-state index contributed by atoms with van der Waals surface area (Å²) in [5.74, 6) is 0.499. The maximum atomic E-state index is 13.5. The molecule has 1 heterocycles. The molecule has 1 atom stereocenters. The van der Waals surface area contributed by atoms with Crippen molar-refractivity contribution in [3.63, 3.8) is 0 Å². The highest BCUT2D eigenvalue weighted by molar-refractivity contribution is 5.80. The molecule has 3 N–H and O–H groups in total. The van der Waals surface area contributed by atoms with Gasteiger partial charge in [-0.05, 0) is 43.5 Å². The van der Waals surface area contributed by atoms with Crippen LogP contribution in [0.1, 0.15) is 25.3 Å². The zero-order valence-electron chi connectivity index (χ0n) is 18.1. The summed E-state index contributed by atoms with van der Waals surface area (Å²) < 4.78 is 19.1. The van der Waals surface area contributed by atoms with Crippen molar-refractivity contribution in [3.8, 4) is 0 Å². The summed E-state index contributed by atoms with van der Waals surface area (Å²) >= 11 is 0. The smallest absolute Gasteiger partial charge is 0.191 e. The van der Waals surface area contributed by atoms with Gasteiger partial charge in [-0.2, -0.15) is 0 Å². The van der Waals surface area contributed by atoms with E-state index in [1.165, 1.54) is 6.07 Å². The molecule has 2 aromatic rings. The van der Waals surface area contributed by atoms with E-state index in [1.54, 1.807) is 12.1 Å². The Morgan fingerprint density at radius 1 is 1.19 bits per heavy atom. The van der Waals surface area contributed by atoms with Crippen LogP contribution < -0.4 is 15.5 Å². The van der Waals surface area contributed by atoms with E-state index in [0.717, 1.165) is 43.7 Å². The molecule has 2 aromatic carbocycles. The van der Waals surface area contributed by atoms with Gasteiger partial charge in [-0.3, -0.25) is 4.99 Å². The third-order valence-electron chi connectivity index (χ3n) is 5.24.